The number of benzene rings is 1. The third kappa shape index (κ3) is 6.89. The Bertz CT molecular complexity index is 1230. The molecule has 1 aromatic carbocycles. The quantitative estimate of drug-likeness (QED) is 0.238. The second-order valence-electron chi connectivity index (χ2n) is 9.04. The Balaban J connectivity index is 1.95. The van der Waals surface area contributed by atoms with E-state index in [-0.39, 0.29) is 30.3 Å². The molecule has 35 heavy (non-hydrogen) atoms. The van der Waals surface area contributed by atoms with Crippen molar-refractivity contribution in [2.45, 2.75) is 45.5 Å². The molecular formula is C23H27F3N4O4Si. The molecule has 3 rings (SSSR count). The van der Waals surface area contributed by atoms with Gasteiger partial charge < -0.3 is 9.47 Å². The largest absolute Gasteiger partial charge is 0.462 e. The first kappa shape index (κ1) is 26.4. The van der Waals surface area contributed by atoms with Gasteiger partial charge >= 0.3 is 12.1 Å². The summed E-state index contributed by atoms with van der Waals surface area (Å²) in [5.74, 6) is -0.858. The van der Waals surface area contributed by atoms with Crippen LogP contribution in [0.15, 0.2) is 47.5 Å². The number of nitrogens with zero attached hydrogens (tertiary/aromatic N) is 4. The van der Waals surface area contributed by atoms with E-state index in [1.54, 1.807) is 6.92 Å². The van der Waals surface area contributed by atoms with Gasteiger partial charge in [-0.3, -0.25) is 4.79 Å². The first-order valence-electron chi connectivity index (χ1n) is 11.0. The van der Waals surface area contributed by atoms with Crippen molar-refractivity contribution in [1.29, 1.82) is 0 Å². The van der Waals surface area contributed by atoms with E-state index in [9.17, 15) is 22.8 Å². The molecular weight excluding hydrogens is 481 g/mol. The van der Waals surface area contributed by atoms with Gasteiger partial charge in [0.25, 0.3) is 5.56 Å². The van der Waals surface area contributed by atoms with Gasteiger partial charge in [0, 0.05) is 20.2 Å². The SMILES string of the molecule is CCOC(=O)c1cc(-c2ccc(C(F)(F)F)cc2)nn(-c2cnn(COCC[Si](C)(C)C)c2)c1=O. The van der Waals surface area contributed by atoms with Crippen molar-refractivity contribution in [1.82, 2.24) is 19.6 Å². The summed E-state index contributed by atoms with van der Waals surface area (Å²) in [6.45, 7) is 9.12. The molecule has 0 fully saturated rings. The van der Waals surface area contributed by atoms with Gasteiger partial charge in [0.2, 0.25) is 0 Å². The minimum atomic E-state index is -4.49. The molecule has 0 amide bonds. The molecule has 3 aromatic rings. The Morgan fingerprint density at radius 3 is 2.43 bits per heavy atom. The molecule has 0 atom stereocenters. The lowest BCUT2D eigenvalue weighted by atomic mass is 10.1. The van der Waals surface area contributed by atoms with E-state index in [2.05, 4.69) is 29.8 Å². The van der Waals surface area contributed by atoms with Crippen molar-refractivity contribution in [3.05, 3.63) is 64.2 Å². The molecule has 0 saturated heterocycles. The Kier molecular flexibility index (Phi) is 7.95. The van der Waals surface area contributed by atoms with Crippen LogP contribution in [0.4, 0.5) is 13.2 Å². The van der Waals surface area contributed by atoms with Crippen molar-refractivity contribution in [2.24, 2.45) is 0 Å². The smallest absolute Gasteiger partial charge is 0.416 e. The fraction of sp³-hybridized carbons (Fsp3) is 0.391. The van der Waals surface area contributed by atoms with Crippen molar-refractivity contribution >= 4 is 14.0 Å². The minimum absolute atomic E-state index is 0.0445. The monoisotopic (exact) mass is 508 g/mol. The fourth-order valence-corrected chi connectivity index (χ4v) is 3.82. The predicted molar refractivity (Wildman–Crippen MR) is 126 cm³/mol. The Morgan fingerprint density at radius 1 is 1.14 bits per heavy atom. The highest BCUT2D eigenvalue weighted by Crippen LogP contribution is 2.30. The van der Waals surface area contributed by atoms with E-state index in [1.807, 2.05) is 0 Å². The third-order valence-electron chi connectivity index (χ3n) is 5.00. The molecule has 12 heteroatoms. The van der Waals surface area contributed by atoms with Gasteiger partial charge in [-0.25, -0.2) is 9.48 Å². The van der Waals surface area contributed by atoms with E-state index in [0.717, 1.165) is 22.9 Å². The highest BCUT2D eigenvalue weighted by molar-refractivity contribution is 6.76. The summed E-state index contributed by atoms with van der Waals surface area (Å²) in [6, 6.07) is 6.47. The molecule has 0 bridgehead atoms. The molecule has 2 heterocycles. The molecule has 8 nitrogen and oxygen atoms in total. The van der Waals surface area contributed by atoms with Crippen LogP contribution in [-0.4, -0.2) is 46.8 Å². The molecule has 0 radical (unpaired) electrons. The van der Waals surface area contributed by atoms with Crippen LogP contribution in [0.5, 0.6) is 0 Å². The Hall–Kier alpha value is -3.25. The molecule has 0 aliphatic rings. The lowest BCUT2D eigenvalue weighted by Crippen LogP contribution is -2.28. The van der Waals surface area contributed by atoms with Gasteiger partial charge in [-0.15, -0.1) is 0 Å². The van der Waals surface area contributed by atoms with Gasteiger partial charge in [-0.05, 0) is 31.2 Å². The topological polar surface area (TPSA) is 88.2 Å². The van der Waals surface area contributed by atoms with E-state index >= 15 is 0 Å². The van der Waals surface area contributed by atoms with Crippen molar-refractivity contribution < 1.29 is 27.4 Å². The molecule has 0 spiro atoms. The number of hydrogen-bond donors (Lipinski definition) is 0. The molecule has 0 aliphatic heterocycles. The first-order valence-corrected chi connectivity index (χ1v) is 14.7. The number of aromatic nitrogens is 4. The van der Waals surface area contributed by atoms with Gasteiger partial charge in [-0.2, -0.15) is 28.1 Å². The van der Waals surface area contributed by atoms with Crippen molar-refractivity contribution in [2.75, 3.05) is 13.2 Å². The van der Waals surface area contributed by atoms with Crippen LogP contribution in [0, 0.1) is 0 Å². The predicted octanol–water partition coefficient (Wildman–Crippen LogP) is 4.60. The van der Waals surface area contributed by atoms with Crippen LogP contribution >= 0.6 is 0 Å². The van der Waals surface area contributed by atoms with Crippen LogP contribution in [0.3, 0.4) is 0 Å². The Morgan fingerprint density at radius 2 is 1.83 bits per heavy atom. The van der Waals surface area contributed by atoms with Crippen LogP contribution in [0.2, 0.25) is 25.7 Å². The average molecular weight is 509 g/mol. The average Bonchev–Trinajstić information content (AvgIpc) is 3.24. The number of hydrogen-bond acceptors (Lipinski definition) is 6. The summed E-state index contributed by atoms with van der Waals surface area (Å²) < 4.78 is 52.0. The zero-order chi connectivity index (χ0) is 25.8. The van der Waals surface area contributed by atoms with Gasteiger partial charge in [0.05, 0.1) is 30.3 Å². The number of rotatable bonds is 9. The van der Waals surface area contributed by atoms with Crippen LogP contribution in [-0.2, 0) is 22.4 Å². The lowest BCUT2D eigenvalue weighted by Gasteiger charge is -2.15. The normalized spacial score (nSPS) is 12.1. The van der Waals surface area contributed by atoms with Crippen molar-refractivity contribution in [3.63, 3.8) is 0 Å². The maximum absolute atomic E-state index is 13.0. The summed E-state index contributed by atoms with van der Waals surface area (Å²) >= 11 is 0. The molecule has 2 aromatic heterocycles. The number of ether oxygens (including phenoxy) is 2. The molecule has 188 valence electrons. The lowest BCUT2D eigenvalue weighted by molar-refractivity contribution is -0.137. The molecule has 0 unspecified atom stereocenters. The minimum Gasteiger partial charge on any atom is -0.462 e. The van der Waals surface area contributed by atoms with E-state index in [4.69, 9.17) is 9.47 Å². The summed E-state index contributed by atoms with van der Waals surface area (Å²) in [5, 5.41) is 8.46. The number of esters is 1. The highest BCUT2D eigenvalue weighted by Gasteiger charge is 2.30. The Labute approximate surface area is 201 Å². The standard InChI is InChI=1S/C23H27F3N4O4Si/c1-5-34-22(32)19-12-20(16-6-8-17(9-7-16)23(24,25)26)28-30(21(19)31)18-13-27-29(14-18)15-33-10-11-35(2,3)4/h6-9,12-14H,5,10-11,15H2,1-4H3. The van der Waals surface area contributed by atoms with E-state index in [0.29, 0.717) is 12.2 Å². The van der Waals surface area contributed by atoms with Gasteiger partial charge in [0.15, 0.2) is 0 Å². The maximum atomic E-state index is 13.0. The van der Waals surface area contributed by atoms with Gasteiger partial charge in [-0.1, -0.05) is 31.8 Å². The summed E-state index contributed by atoms with van der Waals surface area (Å²) in [5.41, 5.74) is -1.17. The third-order valence-corrected chi connectivity index (χ3v) is 6.70. The summed E-state index contributed by atoms with van der Waals surface area (Å²) in [4.78, 5) is 25.5. The van der Waals surface area contributed by atoms with Crippen LogP contribution in [0.25, 0.3) is 16.9 Å². The number of carbonyl (C=O) groups excluding carboxylic acids is 1. The van der Waals surface area contributed by atoms with Gasteiger partial charge in [0.1, 0.15) is 18.0 Å². The number of alkyl halides is 3. The van der Waals surface area contributed by atoms with Crippen LogP contribution in [0.1, 0.15) is 22.8 Å². The highest BCUT2D eigenvalue weighted by atomic mass is 28.3. The second-order valence-corrected chi connectivity index (χ2v) is 14.7. The molecule has 0 aliphatic carbocycles. The number of carbonyl (C=O) groups is 1. The molecule has 0 N–H and O–H groups in total. The van der Waals surface area contributed by atoms with Crippen molar-refractivity contribution in [3.8, 4) is 16.9 Å². The zero-order valence-corrected chi connectivity index (χ0v) is 20.9. The first-order chi connectivity index (χ1) is 16.4. The second kappa shape index (κ2) is 10.6. The van der Waals surface area contributed by atoms with E-state index < -0.39 is 31.3 Å². The van der Waals surface area contributed by atoms with Crippen LogP contribution < -0.4 is 5.56 Å². The fourth-order valence-electron chi connectivity index (χ4n) is 3.06. The zero-order valence-electron chi connectivity index (χ0n) is 19.9. The number of halogens is 3. The maximum Gasteiger partial charge on any atom is 0.416 e. The summed E-state index contributed by atoms with van der Waals surface area (Å²) in [7, 11) is -1.24. The van der Waals surface area contributed by atoms with E-state index in [1.165, 1.54) is 35.3 Å². The molecule has 0 saturated carbocycles. The summed E-state index contributed by atoms with van der Waals surface area (Å²) in [6.07, 6.45) is -1.57.